The van der Waals surface area contributed by atoms with Crippen molar-refractivity contribution >= 4 is 21.6 Å². The Hall–Kier alpha value is -3.27. The number of halogens is 3. The van der Waals surface area contributed by atoms with Crippen molar-refractivity contribution < 1.29 is 30.8 Å². The molecule has 0 fully saturated rings. The number of carbonyl (C=O) groups is 1. The minimum absolute atomic E-state index is 0.0622. The van der Waals surface area contributed by atoms with Crippen molar-refractivity contribution in [1.29, 1.82) is 0 Å². The summed E-state index contributed by atoms with van der Waals surface area (Å²) in [7, 11) is -3.43. The highest BCUT2D eigenvalue weighted by Gasteiger charge is 2.30. The first-order valence-electron chi connectivity index (χ1n) is 8.64. The predicted molar refractivity (Wildman–Crippen MR) is 105 cm³/mol. The van der Waals surface area contributed by atoms with E-state index in [9.17, 15) is 26.4 Å². The Morgan fingerprint density at radius 2 is 1.77 bits per heavy atom. The molecule has 1 aromatic heterocycles. The van der Waals surface area contributed by atoms with E-state index in [2.05, 4.69) is 10.0 Å². The summed E-state index contributed by atoms with van der Waals surface area (Å²) in [5.74, 6) is -0.492. The Kier molecular flexibility index (Phi) is 5.88. The summed E-state index contributed by atoms with van der Waals surface area (Å²) in [5, 5.41) is 2.62. The second kappa shape index (κ2) is 8.23. The van der Waals surface area contributed by atoms with Gasteiger partial charge in [0.05, 0.1) is 11.8 Å². The van der Waals surface area contributed by atoms with E-state index in [-0.39, 0.29) is 23.6 Å². The van der Waals surface area contributed by atoms with Crippen molar-refractivity contribution in [2.75, 3.05) is 11.0 Å². The van der Waals surface area contributed by atoms with E-state index in [1.807, 2.05) is 0 Å². The maximum atomic E-state index is 12.9. The van der Waals surface area contributed by atoms with E-state index in [0.717, 1.165) is 18.4 Å². The zero-order valence-corrected chi connectivity index (χ0v) is 16.5. The second-order valence-electron chi connectivity index (χ2n) is 6.50. The number of carbonyl (C=O) groups excluding carboxylic acids is 1. The molecule has 0 saturated heterocycles. The van der Waals surface area contributed by atoms with E-state index >= 15 is 0 Å². The highest BCUT2D eigenvalue weighted by Crippen LogP contribution is 2.32. The van der Waals surface area contributed by atoms with Crippen molar-refractivity contribution in [3.8, 4) is 11.3 Å². The third-order valence-electron chi connectivity index (χ3n) is 3.99. The second-order valence-corrected chi connectivity index (χ2v) is 8.25. The molecule has 2 aromatic carbocycles. The van der Waals surface area contributed by atoms with Gasteiger partial charge in [-0.1, -0.05) is 24.3 Å². The van der Waals surface area contributed by atoms with Crippen LogP contribution in [0.3, 0.4) is 0 Å². The number of furan rings is 1. The Morgan fingerprint density at radius 3 is 2.47 bits per heavy atom. The monoisotopic (exact) mass is 438 g/mol. The first kappa shape index (κ1) is 21.4. The number of sulfonamides is 1. The number of alkyl halides is 3. The van der Waals surface area contributed by atoms with Gasteiger partial charge in [-0.2, -0.15) is 13.2 Å². The van der Waals surface area contributed by atoms with Crippen LogP contribution in [-0.2, 0) is 22.7 Å². The fraction of sp³-hybridized carbons (Fsp3) is 0.150. The molecule has 0 aliphatic heterocycles. The van der Waals surface area contributed by atoms with Crippen molar-refractivity contribution in [3.63, 3.8) is 0 Å². The Bertz CT molecular complexity index is 1170. The fourth-order valence-corrected chi connectivity index (χ4v) is 3.25. The molecular weight excluding hydrogens is 421 g/mol. The zero-order chi connectivity index (χ0) is 21.9. The molecule has 1 amide bonds. The van der Waals surface area contributed by atoms with E-state index < -0.39 is 27.7 Å². The van der Waals surface area contributed by atoms with E-state index in [1.54, 1.807) is 24.3 Å². The van der Waals surface area contributed by atoms with Crippen LogP contribution in [0.2, 0.25) is 0 Å². The Labute approximate surface area is 170 Å². The van der Waals surface area contributed by atoms with Crippen LogP contribution in [0.4, 0.5) is 18.9 Å². The molecular formula is C20H17F3N2O4S. The van der Waals surface area contributed by atoms with Gasteiger partial charge in [0.15, 0.2) is 5.76 Å². The number of hydrogen-bond donors (Lipinski definition) is 2. The minimum Gasteiger partial charge on any atom is -0.451 e. The molecule has 0 aliphatic rings. The largest absolute Gasteiger partial charge is 0.451 e. The average Bonchev–Trinajstić information content (AvgIpc) is 3.15. The van der Waals surface area contributed by atoms with Crippen LogP contribution in [0.25, 0.3) is 11.3 Å². The standard InChI is InChI=1S/C20H17F3N2O4S/c1-30(27,28)25-16-7-2-4-13(10-16)12-24-19(26)18-9-8-17(29-18)14-5-3-6-15(11-14)20(21,22)23/h2-11,25H,12H2,1H3,(H,24,26). The van der Waals surface area contributed by atoms with Crippen LogP contribution in [0.1, 0.15) is 21.7 Å². The van der Waals surface area contributed by atoms with Crippen LogP contribution in [0.5, 0.6) is 0 Å². The third kappa shape index (κ3) is 5.63. The number of rotatable bonds is 6. The van der Waals surface area contributed by atoms with Gasteiger partial charge in [0.25, 0.3) is 5.91 Å². The molecule has 0 atom stereocenters. The number of anilines is 1. The van der Waals surface area contributed by atoms with Crippen molar-refractivity contribution in [2.45, 2.75) is 12.7 Å². The van der Waals surface area contributed by atoms with Gasteiger partial charge in [-0.3, -0.25) is 9.52 Å². The number of benzene rings is 2. The SMILES string of the molecule is CS(=O)(=O)Nc1cccc(CNC(=O)c2ccc(-c3cccc(C(F)(F)F)c3)o2)c1. The van der Waals surface area contributed by atoms with E-state index in [0.29, 0.717) is 11.3 Å². The van der Waals surface area contributed by atoms with Gasteiger partial charge < -0.3 is 9.73 Å². The summed E-state index contributed by atoms with van der Waals surface area (Å²) < 4.78 is 68.9. The fourth-order valence-electron chi connectivity index (χ4n) is 2.69. The molecule has 0 aliphatic carbocycles. The van der Waals surface area contributed by atoms with Crippen LogP contribution < -0.4 is 10.0 Å². The highest BCUT2D eigenvalue weighted by atomic mass is 32.2. The zero-order valence-electron chi connectivity index (χ0n) is 15.7. The van der Waals surface area contributed by atoms with Crippen molar-refractivity contribution in [2.24, 2.45) is 0 Å². The molecule has 3 rings (SSSR count). The Morgan fingerprint density at radius 1 is 1.03 bits per heavy atom. The normalized spacial score (nSPS) is 11.9. The van der Waals surface area contributed by atoms with Gasteiger partial charge in [-0.15, -0.1) is 0 Å². The molecule has 6 nitrogen and oxygen atoms in total. The molecule has 158 valence electrons. The predicted octanol–water partition coefficient (Wildman–Crippen LogP) is 4.27. The molecule has 1 heterocycles. The maximum Gasteiger partial charge on any atom is 0.416 e. The molecule has 3 aromatic rings. The topological polar surface area (TPSA) is 88.4 Å². The summed E-state index contributed by atoms with van der Waals surface area (Å²) in [6.45, 7) is 0.0949. The number of hydrogen-bond acceptors (Lipinski definition) is 4. The molecule has 0 unspecified atom stereocenters. The van der Waals surface area contributed by atoms with Crippen LogP contribution in [0, 0.1) is 0 Å². The average molecular weight is 438 g/mol. The maximum absolute atomic E-state index is 12.9. The lowest BCUT2D eigenvalue weighted by Crippen LogP contribution is -2.22. The minimum atomic E-state index is -4.48. The van der Waals surface area contributed by atoms with E-state index in [4.69, 9.17) is 4.42 Å². The molecule has 10 heteroatoms. The smallest absolute Gasteiger partial charge is 0.416 e. The quantitative estimate of drug-likeness (QED) is 0.602. The Balaban J connectivity index is 1.68. The van der Waals surface area contributed by atoms with Gasteiger partial charge in [-0.25, -0.2) is 8.42 Å². The van der Waals surface area contributed by atoms with Gasteiger partial charge >= 0.3 is 6.18 Å². The van der Waals surface area contributed by atoms with Crippen LogP contribution >= 0.6 is 0 Å². The van der Waals surface area contributed by atoms with Crippen molar-refractivity contribution in [1.82, 2.24) is 5.32 Å². The van der Waals surface area contributed by atoms with Gasteiger partial charge in [0.2, 0.25) is 10.0 Å². The first-order chi connectivity index (χ1) is 14.0. The number of amides is 1. The summed E-state index contributed by atoms with van der Waals surface area (Å²) in [4.78, 5) is 12.3. The molecule has 30 heavy (non-hydrogen) atoms. The van der Waals surface area contributed by atoms with Crippen LogP contribution in [0.15, 0.2) is 65.1 Å². The van der Waals surface area contributed by atoms with Crippen molar-refractivity contribution in [3.05, 3.63) is 77.6 Å². The lowest BCUT2D eigenvalue weighted by Gasteiger charge is -2.08. The van der Waals surface area contributed by atoms with Gasteiger partial charge in [-0.05, 0) is 42.0 Å². The molecule has 0 spiro atoms. The van der Waals surface area contributed by atoms with Crippen LogP contribution in [-0.4, -0.2) is 20.6 Å². The highest BCUT2D eigenvalue weighted by molar-refractivity contribution is 7.92. The summed E-state index contributed by atoms with van der Waals surface area (Å²) in [6, 6.07) is 13.9. The van der Waals surface area contributed by atoms with Gasteiger partial charge in [0.1, 0.15) is 5.76 Å². The summed E-state index contributed by atoms with van der Waals surface area (Å²) in [6.07, 6.45) is -3.45. The molecule has 0 radical (unpaired) electrons. The van der Waals surface area contributed by atoms with E-state index in [1.165, 1.54) is 24.3 Å². The molecule has 0 bridgehead atoms. The molecule has 2 N–H and O–H groups in total. The summed E-state index contributed by atoms with van der Waals surface area (Å²) >= 11 is 0. The third-order valence-corrected chi connectivity index (χ3v) is 4.59. The number of nitrogens with one attached hydrogen (secondary N) is 2. The first-order valence-corrected chi connectivity index (χ1v) is 10.5. The lowest BCUT2D eigenvalue weighted by molar-refractivity contribution is -0.137. The lowest BCUT2D eigenvalue weighted by atomic mass is 10.1. The summed E-state index contributed by atoms with van der Waals surface area (Å²) in [5.41, 5.74) is 0.379. The van der Waals surface area contributed by atoms with Gasteiger partial charge in [0, 0.05) is 17.8 Å². The molecule has 0 saturated carbocycles.